The van der Waals surface area contributed by atoms with Crippen LogP contribution in [0.15, 0.2) is 59.7 Å². The van der Waals surface area contributed by atoms with Gasteiger partial charge in [-0.05, 0) is 49.7 Å². The molecule has 1 fully saturated rings. The number of ketones is 2. The third-order valence-electron chi connectivity index (χ3n) is 6.94. The van der Waals surface area contributed by atoms with Gasteiger partial charge in [-0.2, -0.15) is 0 Å². The fourth-order valence-electron chi connectivity index (χ4n) is 5.18. The Morgan fingerprint density at radius 2 is 1.87 bits per heavy atom. The van der Waals surface area contributed by atoms with E-state index in [1.54, 1.807) is 0 Å². The number of benzene rings is 1. The second-order valence-electron chi connectivity index (χ2n) is 9.55. The SMILES string of the molecule is C=C(CCC(=O)C(CC(=O)CC1CCCC1)c1ccccc1CC)CC1=CC(C)=CC1. The van der Waals surface area contributed by atoms with E-state index < -0.39 is 0 Å². The summed E-state index contributed by atoms with van der Waals surface area (Å²) in [6.45, 7) is 8.47. The zero-order valence-corrected chi connectivity index (χ0v) is 19.4. The predicted octanol–water partition coefficient (Wildman–Crippen LogP) is 7.44. The van der Waals surface area contributed by atoms with Gasteiger partial charge in [0.05, 0.1) is 0 Å². The number of Topliss-reactive ketones (excluding diaryl/α,β-unsaturated/α-hetero) is 2. The molecule has 0 aromatic heterocycles. The highest BCUT2D eigenvalue weighted by atomic mass is 16.1. The lowest BCUT2D eigenvalue weighted by Crippen LogP contribution is -2.19. The van der Waals surface area contributed by atoms with E-state index >= 15 is 0 Å². The van der Waals surface area contributed by atoms with E-state index in [0.717, 1.165) is 30.4 Å². The molecule has 1 aromatic carbocycles. The number of carbonyl (C=O) groups is 2. The minimum atomic E-state index is -0.313. The standard InChI is InChI=1S/C29H38O2/c1-4-25-11-7-8-12-27(25)28(20-26(30)19-23-9-5-6-10-23)29(31)16-14-22(3)18-24-15-13-21(2)17-24/h7-8,11-13,17,23,28H,3-6,9-10,14-16,18-20H2,1-2H3. The zero-order valence-electron chi connectivity index (χ0n) is 19.4. The van der Waals surface area contributed by atoms with Crippen molar-refractivity contribution in [2.75, 3.05) is 0 Å². The summed E-state index contributed by atoms with van der Waals surface area (Å²) in [5, 5.41) is 0. The molecular weight excluding hydrogens is 380 g/mol. The highest BCUT2D eigenvalue weighted by Crippen LogP contribution is 2.32. The molecule has 2 nitrogen and oxygen atoms in total. The molecule has 0 bridgehead atoms. The average molecular weight is 419 g/mol. The lowest BCUT2D eigenvalue weighted by Gasteiger charge is -2.20. The number of allylic oxidation sites excluding steroid dienone is 5. The van der Waals surface area contributed by atoms with Gasteiger partial charge in [0.1, 0.15) is 11.6 Å². The third-order valence-corrected chi connectivity index (χ3v) is 6.94. The lowest BCUT2D eigenvalue weighted by atomic mass is 9.82. The van der Waals surface area contributed by atoms with Gasteiger partial charge < -0.3 is 0 Å². The normalized spacial score (nSPS) is 17.4. The Morgan fingerprint density at radius 3 is 2.55 bits per heavy atom. The third kappa shape index (κ3) is 6.89. The largest absolute Gasteiger partial charge is 0.300 e. The molecule has 31 heavy (non-hydrogen) atoms. The highest BCUT2D eigenvalue weighted by molar-refractivity contribution is 5.92. The Labute approximate surface area is 188 Å². The molecule has 1 unspecified atom stereocenters. The average Bonchev–Trinajstić information content (AvgIpc) is 3.41. The number of rotatable bonds is 12. The molecule has 1 aromatic rings. The quantitative estimate of drug-likeness (QED) is 0.330. The minimum absolute atomic E-state index is 0.191. The Bertz CT molecular complexity index is 864. The number of carbonyl (C=O) groups excluding carboxylic acids is 2. The van der Waals surface area contributed by atoms with Crippen LogP contribution in [0.25, 0.3) is 0 Å². The van der Waals surface area contributed by atoms with Crippen molar-refractivity contribution in [1.82, 2.24) is 0 Å². The van der Waals surface area contributed by atoms with Crippen molar-refractivity contribution in [1.29, 1.82) is 0 Å². The van der Waals surface area contributed by atoms with Gasteiger partial charge in [0, 0.05) is 25.2 Å². The van der Waals surface area contributed by atoms with Gasteiger partial charge in [-0.25, -0.2) is 0 Å². The molecule has 0 spiro atoms. The first-order valence-corrected chi connectivity index (χ1v) is 12.1. The van der Waals surface area contributed by atoms with E-state index in [4.69, 9.17) is 0 Å². The van der Waals surface area contributed by atoms with Crippen LogP contribution in [0.2, 0.25) is 0 Å². The molecule has 0 amide bonds. The molecule has 1 saturated carbocycles. The van der Waals surface area contributed by atoms with Crippen LogP contribution in [0.3, 0.4) is 0 Å². The van der Waals surface area contributed by atoms with Gasteiger partial charge in [-0.1, -0.05) is 92.3 Å². The first-order chi connectivity index (χ1) is 15.0. The molecule has 0 aliphatic heterocycles. The van der Waals surface area contributed by atoms with Crippen LogP contribution in [0.4, 0.5) is 0 Å². The van der Waals surface area contributed by atoms with E-state index in [1.165, 1.54) is 42.4 Å². The summed E-state index contributed by atoms with van der Waals surface area (Å²) in [5.41, 5.74) is 6.05. The number of aryl methyl sites for hydroxylation is 1. The van der Waals surface area contributed by atoms with Crippen LogP contribution in [-0.4, -0.2) is 11.6 Å². The van der Waals surface area contributed by atoms with Crippen molar-refractivity contribution >= 4 is 11.6 Å². The molecule has 0 heterocycles. The lowest BCUT2D eigenvalue weighted by molar-refractivity contribution is -0.126. The van der Waals surface area contributed by atoms with Gasteiger partial charge >= 0.3 is 0 Å². The monoisotopic (exact) mass is 418 g/mol. The van der Waals surface area contributed by atoms with Crippen molar-refractivity contribution in [2.45, 2.75) is 90.4 Å². The van der Waals surface area contributed by atoms with E-state index in [0.29, 0.717) is 31.6 Å². The molecule has 2 aliphatic rings. The second kappa shape index (κ2) is 11.4. The first-order valence-electron chi connectivity index (χ1n) is 12.1. The van der Waals surface area contributed by atoms with Crippen LogP contribution in [0.1, 0.15) is 95.1 Å². The van der Waals surface area contributed by atoms with Crippen LogP contribution in [0, 0.1) is 5.92 Å². The van der Waals surface area contributed by atoms with E-state index in [-0.39, 0.29) is 17.5 Å². The maximum Gasteiger partial charge on any atom is 0.141 e. The van der Waals surface area contributed by atoms with Gasteiger partial charge in [-0.3, -0.25) is 9.59 Å². The fourth-order valence-corrected chi connectivity index (χ4v) is 5.18. The van der Waals surface area contributed by atoms with Crippen molar-refractivity contribution < 1.29 is 9.59 Å². The summed E-state index contributed by atoms with van der Waals surface area (Å²) >= 11 is 0. The zero-order chi connectivity index (χ0) is 22.2. The van der Waals surface area contributed by atoms with Gasteiger partial charge in [0.25, 0.3) is 0 Å². The Morgan fingerprint density at radius 1 is 1.13 bits per heavy atom. The smallest absolute Gasteiger partial charge is 0.141 e. The van der Waals surface area contributed by atoms with Crippen LogP contribution in [0.5, 0.6) is 0 Å². The molecule has 1 atom stereocenters. The minimum Gasteiger partial charge on any atom is -0.300 e. The van der Waals surface area contributed by atoms with Gasteiger partial charge in [0.2, 0.25) is 0 Å². The maximum absolute atomic E-state index is 13.4. The van der Waals surface area contributed by atoms with E-state index in [2.05, 4.69) is 44.7 Å². The van der Waals surface area contributed by atoms with Crippen molar-refractivity contribution in [2.24, 2.45) is 5.92 Å². The van der Waals surface area contributed by atoms with Crippen LogP contribution >= 0.6 is 0 Å². The maximum atomic E-state index is 13.4. The van der Waals surface area contributed by atoms with E-state index in [1.807, 2.05) is 12.1 Å². The molecule has 2 heteroatoms. The van der Waals surface area contributed by atoms with Crippen molar-refractivity contribution in [3.8, 4) is 0 Å². The second-order valence-corrected chi connectivity index (χ2v) is 9.55. The van der Waals surface area contributed by atoms with Crippen molar-refractivity contribution in [3.05, 3.63) is 70.8 Å². The van der Waals surface area contributed by atoms with Crippen molar-refractivity contribution in [3.63, 3.8) is 0 Å². The number of hydrogen-bond acceptors (Lipinski definition) is 2. The molecule has 0 N–H and O–H groups in total. The molecule has 166 valence electrons. The van der Waals surface area contributed by atoms with Crippen LogP contribution in [-0.2, 0) is 16.0 Å². The highest BCUT2D eigenvalue weighted by Gasteiger charge is 2.27. The van der Waals surface area contributed by atoms with Crippen LogP contribution < -0.4 is 0 Å². The summed E-state index contributed by atoms with van der Waals surface area (Å²) < 4.78 is 0. The fraction of sp³-hybridized carbons (Fsp3) is 0.517. The van der Waals surface area contributed by atoms with Gasteiger partial charge in [0.15, 0.2) is 0 Å². The summed E-state index contributed by atoms with van der Waals surface area (Å²) in [5.74, 6) is 0.665. The summed E-state index contributed by atoms with van der Waals surface area (Å²) in [6.07, 6.45) is 14.2. The molecule has 2 aliphatic carbocycles. The van der Waals surface area contributed by atoms with E-state index in [9.17, 15) is 9.59 Å². The first kappa shape index (κ1) is 23.4. The van der Waals surface area contributed by atoms with Gasteiger partial charge in [-0.15, -0.1) is 0 Å². The summed E-state index contributed by atoms with van der Waals surface area (Å²) in [6, 6.07) is 8.17. The molecule has 0 saturated heterocycles. The molecular formula is C29H38O2. The predicted molar refractivity (Wildman–Crippen MR) is 129 cm³/mol. The Kier molecular flexibility index (Phi) is 8.63. The number of hydrogen-bond donors (Lipinski definition) is 0. The topological polar surface area (TPSA) is 34.1 Å². The summed E-state index contributed by atoms with van der Waals surface area (Å²) in [7, 11) is 0. The Balaban J connectivity index is 1.64. The molecule has 3 rings (SSSR count). The molecule has 0 radical (unpaired) electrons. The Hall–Kier alpha value is -2.22. The summed E-state index contributed by atoms with van der Waals surface area (Å²) in [4.78, 5) is 26.3.